The zero-order chi connectivity index (χ0) is 22.9. The quantitative estimate of drug-likeness (QED) is 0.270. The lowest BCUT2D eigenvalue weighted by Gasteiger charge is -2.19. The second kappa shape index (κ2) is 11.5. The molecule has 2 rings (SSSR count). The van der Waals surface area contributed by atoms with Gasteiger partial charge in [-0.25, -0.2) is 4.79 Å². The molecule has 0 atom stereocenters. The average molecular weight is 496 g/mol. The number of nitro groups is 1. The number of halogens is 1. The highest BCUT2D eigenvalue weighted by atomic mass is 79.9. The van der Waals surface area contributed by atoms with Crippen LogP contribution in [0.4, 0.5) is 21.9 Å². The van der Waals surface area contributed by atoms with Crippen LogP contribution in [0.3, 0.4) is 0 Å². The molecule has 0 heterocycles. The Hall–Kier alpha value is -2.85. The highest BCUT2D eigenvalue weighted by molar-refractivity contribution is 9.10. The third-order valence-corrected chi connectivity index (χ3v) is 4.17. The maximum Gasteiger partial charge on any atom is 0.407 e. The molecule has 0 spiro atoms. The topological polar surface area (TPSA) is 112 Å². The maximum atomic E-state index is 11.5. The molecule has 0 saturated carbocycles. The van der Waals surface area contributed by atoms with E-state index >= 15 is 0 Å². The summed E-state index contributed by atoms with van der Waals surface area (Å²) in [6.45, 7) is 6.70. The molecule has 168 valence electrons. The first kappa shape index (κ1) is 24.4. The molecular weight excluding hydrogens is 470 g/mol. The molecule has 1 amide bonds. The van der Waals surface area contributed by atoms with Crippen molar-refractivity contribution in [2.45, 2.75) is 26.4 Å². The third-order valence-electron chi connectivity index (χ3n) is 3.68. The number of amides is 1. The van der Waals surface area contributed by atoms with Crippen LogP contribution in [-0.2, 0) is 9.47 Å². The number of benzene rings is 2. The van der Waals surface area contributed by atoms with E-state index in [1.807, 2.05) is 0 Å². The smallest absolute Gasteiger partial charge is 0.407 e. The van der Waals surface area contributed by atoms with E-state index in [4.69, 9.17) is 14.2 Å². The molecule has 31 heavy (non-hydrogen) atoms. The van der Waals surface area contributed by atoms with E-state index in [-0.39, 0.29) is 5.69 Å². The molecule has 0 aromatic heterocycles. The van der Waals surface area contributed by atoms with Crippen LogP contribution in [0.15, 0.2) is 46.9 Å². The summed E-state index contributed by atoms with van der Waals surface area (Å²) in [7, 11) is 0. The molecule has 2 N–H and O–H groups in total. The summed E-state index contributed by atoms with van der Waals surface area (Å²) >= 11 is 3.32. The lowest BCUT2D eigenvalue weighted by molar-refractivity contribution is -0.383. The van der Waals surface area contributed by atoms with Gasteiger partial charge in [0, 0.05) is 28.8 Å². The number of nitro benzene ring substituents is 1. The van der Waals surface area contributed by atoms with E-state index < -0.39 is 16.6 Å². The van der Waals surface area contributed by atoms with Gasteiger partial charge in [0.2, 0.25) is 0 Å². The Labute approximate surface area is 189 Å². The fourth-order valence-electron chi connectivity index (χ4n) is 2.45. The molecular formula is C21H26BrN3O6. The van der Waals surface area contributed by atoms with Crippen LogP contribution in [0.1, 0.15) is 20.8 Å². The number of hydrogen-bond donors (Lipinski definition) is 2. The highest BCUT2D eigenvalue weighted by Gasteiger charge is 2.15. The second-order valence-electron chi connectivity index (χ2n) is 7.46. The van der Waals surface area contributed by atoms with Crippen molar-refractivity contribution in [3.63, 3.8) is 0 Å². The van der Waals surface area contributed by atoms with E-state index in [1.165, 1.54) is 6.07 Å². The van der Waals surface area contributed by atoms with Crippen molar-refractivity contribution in [2.75, 3.05) is 31.7 Å². The van der Waals surface area contributed by atoms with Gasteiger partial charge in [0.05, 0.1) is 18.1 Å². The minimum Gasteiger partial charge on any atom is -0.491 e. The Kier molecular flexibility index (Phi) is 9.07. The molecule has 10 heteroatoms. The van der Waals surface area contributed by atoms with Gasteiger partial charge >= 0.3 is 6.09 Å². The Balaban J connectivity index is 1.75. The second-order valence-corrected chi connectivity index (χ2v) is 8.38. The van der Waals surface area contributed by atoms with Gasteiger partial charge in [0.15, 0.2) is 0 Å². The van der Waals surface area contributed by atoms with Crippen molar-refractivity contribution in [1.29, 1.82) is 0 Å². The maximum absolute atomic E-state index is 11.5. The summed E-state index contributed by atoms with van der Waals surface area (Å²) in [5, 5.41) is 16.9. The standard InChI is InChI=1S/C21H26BrN3O6/c1-21(2,3)31-20(26)23-9-10-29-11-12-30-17-6-4-5-16(14-17)24-18-13-15(22)7-8-19(18)25(27)28/h4-8,13-14,24H,9-12H2,1-3H3,(H,23,26). The first-order valence-electron chi connectivity index (χ1n) is 9.62. The fourth-order valence-corrected chi connectivity index (χ4v) is 2.81. The van der Waals surface area contributed by atoms with Crippen LogP contribution in [0.25, 0.3) is 0 Å². The van der Waals surface area contributed by atoms with Gasteiger partial charge in [-0.2, -0.15) is 0 Å². The van der Waals surface area contributed by atoms with Crippen molar-refractivity contribution in [2.24, 2.45) is 0 Å². The van der Waals surface area contributed by atoms with E-state index in [0.29, 0.717) is 43.5 Å². The number of hydrogen-bond acceptors (Lipinski definition) is 7. The number of nitrogens with one attached hydrogen (secondary N) is 2. The zero-order valence-corrected chi connectivity index (χ0v) is 19.2. The third kappa shape index (κ3) is 9.22. The highest BCUT2D eigenvalue weighted by Crippen LogP contribution is 2.31. The van der Waals surface area contributed by atoms with Gasteiger partial charge in [0.25, 0.3) is 5.69 Å². The summed E-state index contributed by atoms with van der Waals surface area (Å²) < 4.78 is 16.9. The minimum atomic E-state index is -0.538. The van der Waals surface area contributed by atoms with Crippen molar-refractivity contribution >= 4 is 39.1 Å². The number of rotatable bonds is 10. The molecule has 0 unspecified atom stereocenters. The molecule has 0 aliphatic rings. The SMILES string of the molecule is CC(C)(C)OC(=O)NCCOCCOc1cccc(Nc2cc(Br)ccc2[N+](=O)[O-])c1. The predicted octanol–water partition coefficient (Wildman–Crippen LogP) is 5.02. The number of nitrogens with zero attached hydrogens (tertiary/aromatic N) is 1. The molecule has 0 aliphatic carbocycles. The molecule has 0 aliphatic heterocycles. The van der Waals surface area contributed by atoms with E-state index in [2.05, 4.69) is 26.6 Å². The Morgan fingerprint density at radius 2 is 1.90 bits per heavy atom. The lowest BCUT2D eigenvalue weighted by atomic mass is 10.2. The Morgan fingerprint density at radius 1 is 1.13 bits per heavy atom. The Morgan fingerprint density at radius 3 is 2.61 bits per heavy atom. The summed E-state index contributed by atoms with van der Waals surface area (Å²) in [6.07, 6.45) is -0.484. The van der Waals surface area contributed by atoms with E-state index in [9.17, 15) is 14.9 Å². The number of carbonyl (C=O) groups excluding carboxylic acids is 1. The largest absolute Gasteiger partial charge is 0.491 e. The number of ether oxygens (including phenoxy) is 3. The predicted molar refractivity (Wildman–Crippen MR) is 121 cm³/mol. The molecule has 2 aromatic carbocycles. The van der Waals surface area contributed by atoms with Crippen LogP contribution < -0.4 is 15.4 Å². The molecule has 9 nitrogen and oxygen atoms in total. The Bertz CT molecular complexity index is 901. The van der Waals surface area contributed by atoms with Crippen molar-refractivity contribution in [3.05, 3.63) is 57.1 Å². The van der Waals surface area contributed by atoms with E-state index in [0.717, 1.165) is 4.47 Å². The van der Waals surface area contributed by atoms with Crippen molar-refractivity contribution in [3.8, 4) is 5.75 Å². The van der Waals surface area contributed by atoms with Gasteiger partial charge in [-0.15, -0.1) is 0 Å². The molecule has 0 fully saturated rings. The van der Waals surface area contributed by atoms with Crippen LogP contribution in [-0.4, -0.2) is 43.0 Å². The summed E-state index contributed by atoms with van der Waals surface area (Å²) in [5.74, 6) is 0.595. The van der Waals surface area contributed by atoms with Crippen molar-refractivity contribution < 1.29 is 23.9 Å². The first-order valence-corrected chi connectivity index (χ1v) is 10.4. The fraction of sp³-hybridized carbons (Fsp3) is 0.381. The van der Waals surface area contributed by atoms with Crippen LogP contribution in [0.5, 0.6) is 5.75 Å². The van der Waals surface area contributed by atoms with Gasteiger partial charge in [-0.1, -0.05) is 22.0 Å². The number of carbonyl (C=O) groups is 1. The summed E-state index contributed by atoms with van der Waals surface area (Å²) in [4.78, 5) is 22.3. The number of anilines is 2. The first-order chi connectivity index (χ1) is 14.6. The zero-order valence-electron chi connectivity index (χ0n) is 17.6. The monoisotopic (exact) mass is 495 g/mol. The molecule has 2 aromatic rings. The molecule has 0 bridgehead atoms. The van der Waals surface area contributed by atoms with E-state index in [1.54, 1.807) is 57.2 Å². The van der Waals surface area contributed by atoms with Gasteiger partial charge in [-0.3, -0.25) is 10.1 Å². The minimum absolute atomic E-state index is 0.0251. The van der Waals surface area contributed by atoms with Crippen LogP contribution >= 0.6 is 15.9 Å². The summed E-state index contributed by atoms with van der Waals surface area (Å²) in [5.41, 5.74) is 0.464. The van der Waals surface area contributed by atoms with Gasteiger partial charge < -0.3 is 24.8 Å². The van der Waals surface area contributed by atoms with Gasteiger partial charge in [-0.05, 0) is 45.0 Å². The van der Waals surface area contributed by atoms with Gasteiger partial charge in [0.1, 0.15) is 23.6 Å². The van der Waals surface area contributed by atoms with Crippen LogP contribution in [0, 0.1) is 10.1 Å². The number of alkyl carbamates (subject to hydrolysis) is 1. The molecule has 0 radical (unpaired) electrons. The van der Waals surface area contributed by atoms with Crippen LogP contribution in [0.2, 0.25) is 0 Å². The normalized spacial score (nSPS) is 11.0. The lowest BCUT2D eigenvalue weighted by Crippen LogP contribution is -2.34. The average Bonchev–Trinajstić information content (AvgIpc) is 2.66. The summed E-state index contributed by atoms with van der Waals surface area (Å²) in [6, 6.07) is 11.8. The van der Waals surface area contributed by atoms with Crippen molar-refractivity contribution in [1.82, 2.24) is 5.32 Å². The molecule has 0 saturated heterocycles.